The standard InChI is InChI=1S/C17H18ClF2N/c1-2-9-21-17(12-3-6-14(18)7-4-12)10-13-5-8-15(19)11-16(13)20/h3-8,11,17,21H,2,9-10H2,1H3. The summed E-state index contributed by atoms with van der Waals surface area (Å²) in [6.07, 6.45) is 1.45. The smallest absolute Gasteiger partial charge is 0.129 e. The molecule has 1 N–H and O–H groups in total. The summed E-state index contributed by atoms with van der Waals surface area (Å²) in [7, 11) is 0. The zero-order valence-electron chi connectivity index (χ0n) is 11.9. The molecule has 1 atom stereocenters. The van der Waals surface area contributed by atoms with E-state index in [0.717, 1.165) is 24.6 Å². The molecule has 21 heavy (non-hydrogen) atoms. The molecule has 4 heteroatoms. The first-order chi connectivity index (χ1) is 10.1. The molecule has 0 bridgehead atoms. The Kier molecular flexibility index (Phi) is 5.71. The lowest BCUT2D eigenvalue weighted by Crippen LogP contribution is -2.24. The van der Waals surface area contributed by atoms with Crippen molar-refractivity contribution < 1.29 is 8.78 Å². The Morgan fingerprint density at radius 1 is 1.10 bits per heavy atom. The van der Waals surface area contributed by atoms with E-state index in [-0.39, 0.29) is 6.04 Å². The van der Waals surface area contributed by atoms with Crippen LogP contribution in [0.5, 0.6) is 0 Å². The summed E-state index contributed by atoms with van der Waals surface area (Å²) in [6, 6.07) is 11.2. The number of rotatable bonds is 6. The maximum atomic E-state index is 13.8. The molecule has 0 aliphatic heterocycles. The lowest BCUT2D eigenvalue weighted by molar-refractivity contribution is 0.508. The third-order valence-electron chi connectivity index (χ3n) is 3.35. The van der Waals surface area contributed by atoms with E-state index in [1.807, 2.05) is 24.3 Å². The van der Waals surface area contributed by atoms with Gasteiger partial charge in [-0.15, -0.1) is 0 Å². The highest BCUT2D eigenvalue weighted by atomic mass is 35.5. The number of halogens is 3. The van der Waals surface area contributed by atoms with Crippen LogP contribution in [0.2, 0.25) is 5.02 Å². The van der Waals surface area contributed by atoms with Crippen molar-refractivity contribution in [2.45, 2.75) is 25.8 Å². The number of hydrogen-bond donors (Lipinski definition) is 1. The van der Waals surface area contributed by atoms with Crippen molar-refractivity contribution in [1.82, 2.24) is 5.32 Å². The Morgan fingerprint density at radius 3 is 2.43 bits per heavy atom. The molecule has 1 unspecified atom stereocenters. The molecular formula is C17H18ClF2N. The van der Waals surface area contributed by atoms with Crippen LogP contribution in [0.25, 0.3) is 0 Å². The number of hydrogen-bond acceptors (Lipinski definition) is 1. The molecule has 0 amide bonds. The minimum Gasteiger partial charge on any atom is -0.310 e. The molecule has 0 aliphatic carbocycles. The van der Waals surface area contributed by atoms with E-state index in [4.69, 9.17) is 11.6 Å². The molecule has 0 heterocycles. The summed E-state index contributed by atoms with van der Waals surface area (Å²) in [5.74, 6) is -1.06. The van der Waals surface area contributed by atoms with Gasteiger partial charge in [-0.2, -0.15) is 0 Å². The van der Waals surface area contributed by atoms with E-state index in [1.54, 1.807) is 0 Å². The highest BCUT2D eigenvalue weighted by Gasteiger charge is 2.14. The third-order valence-corrected chi connectivity index (χ3v) is 3.60. The maximum absolute atomic E-state index is 13.8. The molecule has 0 aromatic heterocycles. The minimum atomic E-state index is -0.555. The summed E-state index contributed by atoms with van der Waals surface area (Å²) in [4.78, 5) is 0. The molecule has 2 aromatic carbocycles. The summed E-state index contributed by atoms with van der Waals surface area (Å²) in [5.41, 5.74) is 1.54. The molecule has 2 aromatic rings. The van der Waals surface area contributed by atoms with Crippen LogP contribution in [0.1, 0.15) is 30.5 Å². The van der Waals surface area contributed by atoms with E-state index in [9.17, 15) is 8.78 Å². The molecule has 0 spiro atoms. The van der Waals surface area contributed by atoms with Gasteiger partial charge in [-0.25, -0.2) is 8.78 Å². The predicted octanol–water partition coefficient (Wildman–Crippen LogP) is 4.90. The van der Waals surface area contributed by atoms with Gasteiger partial charge in [0.15, 0.2) is 0 Å². The first kappa shape index (κ1) is 15.9. The number of benzene rings is 2. The highest BCUT2D eigenvalue weighted by Crippen LogP contribution is 2.22. The molecule has 2 rings (SSSR count). The van der Waals surface area contributed by atoms with Crippen LogP contribution >= 0.6 is 11.6 Å². The van der Waals surface area contributed by atoms with Crippen LogP contribution in [-0.2, 0) is 6.42 Å². The Labute approximate surface area is 128 Å². The van der Waals surface area contributed by atoms with E-state index >= 15 is 0 Å². The average Bonchev–Trinajstić information content (AvgIpc) is 2.46. The van der Waals surface area contributed by atoms with Gasteiger partial charge < -0.3 is 5.32 Å². The van der Waals surface area contributed by atoms with Crippen molar-refractivity contribution in [3.05, 3.63) is 70.2 Å². The Hall–Kier alpha value is -1.45. The molecule has 0 aliphatic rings. The van der Waals surface area contributed by atoms with Crippen LogP contribution < -0.4 is 5.32 Å². The molecule has 112 valence electrons. The van der Waals surface area contributed by atoms with E-state index in [0.29, 0.717) is 17.0 Å². The molecule has 0 radical (unpaired) electrons. The molecule has 0 saturated heterocycles. The van der Waals surface area contributed by atoms with Crippen molar-refractivity contribution in [3.63, 3.8) is 0 Å². The molecule has 0 fully saturated rings. The Balaban J connectivity index is 2.21. The van der Waals surface area contributed by atoms with Gasteiger partial charge in [0, 0.05) is 17.1 Å². The van der Waals surface area contributed by atoms with Gasteiger partial charge in [0.1, 0.15) is 11.6 Å². The van der Waals surface area contributed by atoms with Gasteiger partial charge in [0.2, 0.25) is 0 Å². The summed E-state index contributed by atoms with van der Waals surface area (Å²) >= 11 is 5.90. The van der Waals surface area contributed by atoms with Gasteiger partial charge >= 0.3 is 0 Å². The second-order valence-electron chi connectivity index (χ2n) is 5.00. The van der Waals surface area contributed by atoms with Crippen LogP contribution in [0, 0.1) is 11.6 Å². The quantitative estimate of drug-likeness (QED) is 0.800. The summed E-state index contributed by atoms with van der Waals surface area (Å²) < 4.78 is 26.8. The van der Waals surface area contributed by atoms with Crippen LogP contribution in [0.3, 0.4) is 0 Å². The van der Waals surface area contributed by atoms with Crippen molar-refractivity contribution in [3.8, 4) is 0 Å². The van der Waals surface area contributed by atoms with Gasteiger partial charge in [0.25, 0.3) is 0 Å². The fraction of sp³-hybridized carbons (Fsp3) is 0.294. The Morgan fingerprint density at radius 2 is 1.81 bits per heavy atom. The second-order valence-corrected chi connectivity index (χ2v) is 5.43. The van der Waals surface area contributed by atoms with Crippen LogP contribution in [0.4, 0.5) is 8.78 Å². The van der Waals surface area contributed by atoms with Crippen molar-refractivity contribution in [2.24, 2.45) is 0 Å². The molecule has 1 nitrogen and oxygen atoms in total. The number of nitrogens with one attached hydrogen (secondary N) is 1. The second kappa shape index (κ2) is 7.53. The van der Waals surface area contributed by atoms with E-state index in [2.05, 4.69) is 12.2 Å². The fourth-order valence-corrected chi connectivity index (χ4v) is 2.35. The van der Waals surface area contributed by atoms with Gasteiger partial charge in [-0.05, 0) is 48.7 Å². The highest BCUT2D eigenvalue weighted by molar-refractivity contribution is 6.30. The van der Waals surface area contributed by atoms with Crippen LogP contribution in [0.15, 0.2) is 42.5 Å². The van der Waals surface area contributed by atoms with Crippen molar-refractivity contribution in [1.29, 1.82) is 0 Å². The maximum Gasteiger partial charge on any atom is 0.129 e. The van der Waals surface area contributed by atoms with E-state index in [1.165, 1.54) is 12.1 Å². The summed E-state index contributed by atoms with van der Waals surface area (Å²) in [6.45, 7) is 2.90. The van der Waals surface area contributed by atoms with Gasteiger partial charge in [-0.3, -0.25) is 0 Å². The third kappa shape index (κ3) is 4.51. The Bertz CT molecular complexity index is 584. The topological polar surface area (TPSA) is 12.0 Å². The molecule has 0 saturated carbocycles. The fourth-order valence-electron chi connectivity index (χ4n) is 2.23. The van der Waals surface area contributed by atoms with Crippen LogP contribution in [-0.4, -0.2) is 6.54 Å². The first-order valence-corrected chi connectivity index (χ1v) is 7.40. The average molecular weight is 310 g/mol. The van der Waals surface area contributed by atoms with E-state index < -0.39 is 11.6 Å². The largest absolute Gasteiger partial charge is 0.310 e. The lowest BCUT2D eigenvalue weighted by atomic mass is 9.98. The van der Waals surface area contributed by atoms with Crippen molar-refractivity contribution >= 4 is 11.6 Å². The minimum absolute atomic E-state index is 0.0258. The predicted molar refractivity (Wildman–Crippen MR) is 82.5 cm³/mol. The van der Waals surface area contributed by atoms with Crippen molar-refractivity contribution in [2.75, 3.05) is 6.54 Å². The zero-order valence-corrected chi connectivity index (χ0v) is 12.6. The van der Waals surface area contributed by atoms with Gasteiger partial charge in [0.05, 0.1) is 0 Å². The normalized spacial score (nSPS) is 12.4. The summed E-state index contributed by atoms with van der Waals surface area (Å²) in [5, 5.41) is 4.06. The first-order valence-electron chi connectivity index (χ1n) is 7.03. The monoisotopic (exact) mass is 309 g/mol. The SMILES string of the molecule is CCCNC(Cc1ccc(F)cc1F)c1ccc(Cl)cc1. The molecular weight excluding hydrogens is 292 g/mol. The van der Waals surface area contributed by atoms with Gasteiger partial charge in [-0.1, -0.05) is 36.7 Å². The zero-order chi connectivity index (χ0) is 15.2. The lowest BCUT2D eigenvalue weighted by Gasteiger charge is -2.19.